The Labute approximate surface area is 113 Å². The van der Waals surface area contributed by atoms with E-state index < -0.39 is 16.0 Å². The van der Waals surface area contributed by atoms with E-state index in [1.54, 1.807) is 0 Å². The first-order chi connectivity index (χ1) is 8.80. The van der Waals surface area contributed by atoms with Gasteiger partial charge in [-0.3, -0.25) is 0 Å². The number of rotatable bonds is 6. The predicted octanol–water partition coefficient (Wildman–Crippen LogP) is 2.19. The molecule has 0 saturated carbocycles. The summed E-state index contributed by atoms with van der Waals surface area (Å²) in [6.07, 6.45) is 1.64. The number of carboxylic acids is 1. The Morgan fingerprint density at radius 3 is 2.58 bits per heavy atom. The molecule has 0 saturated heterocycles. The Kier molecular flexibility index (Phi) is 5.08. The first-order valence-electron chi connectivity index (χ1n) is 6.12. The molecule has 0 spiro atoms. The van der Waals surface area contributed by atoms with Gasteiger partial charge in [-0.1, -0.05) is 19.4 Å². The smallest absolute Gasteiger partial charge is 0.335 e. The summed E-state index contributed by atoms with van der Waals surface area (Å²) in [5, 5.41) is 8.90. The molecule has 0 aliphatic carbocycles. The van der Waals surface area contributed by atoms with Crippen LogP contribution >= 0.6 is 0 Å². The monoisotopic (exact) mass is 285 g/mol. The zero-order chi connectivity index (χ0) is 14.6. The Morgan fingerprint density at radius 1 is 1.42 bits per heavy atom. The average Bonchev–Trinajstić information content (AvgIpc) is 2.38. The maximum absolute atomic E-state index is 12.4. The van der Waals surface area contributed by atoms with Crippen molar-refractivity contribution in [2.75, 3.05) is 7.05 Å². The Balaban J connectivity index is 3.13. The summed E-state index contributed by atoms with van der Waals surface area (Å²) in [4.78, 5) is 10.9. The van der Waals surface area contributed by atoms with E-state index >= 15 is 0 Å². The summed E-state index contributed by atoms with van der Waals surface area (Å²) in [7, 11) is -2.13. The third-order valence-electron chi connectivity index (χ3n) is 3.09. The van der Waals surface area contributed by atoms with Gasteiger partial charge in [-0.25, -0.2) is 13.2 Å². The van der Waals surface area contributed by atoms with Gasteiger partial charge in [-0.2, -0.15) is 4.31 Å². The van der Waals surface area contributed by atoms with Gasteiger partial charge in [0.15, 0.2) is 0 Å². The molecule has 19 heavy (non-hydrogen) atoms. The quantitative estimate of drug-likeness (QED) is 0.869. The van der Waals surface area contributed by atoms with E-state index in [9.17, 15) is 13.2 Å². The first-order valence-corrected chi connectivity index (χ1v) is 7.56. The molecule has 5 nitrogen and oxygen atoms in total. The van der Waals surface area contributed by atoms with Crippen LogP contribution in [0.15, 0.2) is 29.2 Å². The topological polar surface area (TPSA) is 74.7 Å². The van der Waals surface area contributed by atoms with Crippen LogP contribution in [-0.4, -0.2) is 36.9 Å². The van der Waals surface area contributed by atoms with Gasteiger partial charge in [-0.15, -0.1) is 0 Å². The van der Waals surface area contributed by atoms with Gasteiger partial charge in [0.1, 0.15) is 0 Å². The molecule has 0 fully saturated rings. The predicted molar refractivity (Wildman–Crippen MR) is 72.7 cm³/mol. The molecule has 1 atom stereocenters. The van der Waals surface area contributed by atoms with Crippen LogP contribution < -0.4 is 0 Å². The fourth-order valence-corrected chi connectivity index (χ4v) is 3.23. The van der Waals surface area contributed by atoms with Crippen LogP contribution in [0, 0.1) is 0 Å². The highest BCUT2D eigenvalue weighted by Gasteiger charge is 2.25. The summed E-state index contributed by atoms with van der Waals surface area (Å²) >= 11 is 0. The van der Waals surface area contributed by atoms with Crippen molar-refractivity contribution in [1.82, 2.24) is 4.31 Å². The van der Waals surface area contributed by atoms with Crippen molar-refractivity contribution in [2.24, 2.45) is 0 Å². The van der Waals surface area contributed by atoms with Gasteiger partial charge in [0.25, 0.3) is 0 Å². The summed E-state index contributed by atoms with van der Waals surface area (Å²) in [5.41, 5.74) is -0.0300. The van der Waals surface area contributed by atoms with Crippen molar-refractivity contribution in [3.63, 3.8) is 0 Å². The number of hydrogen-bond acceptors (Lipinski definition) is 3. The van der Waals surface area contributed by atoms with Crippen LogP contribution in [0.25, 0.3) is 0 Å². The Bertz CT molecular complexity index is 554. The molecule has 0 amide bonds. The van der Waals surface area contributed by atoms with Crippen molar-refractivity contribution in [3.8, 4) is 0 Å². The second-order valence-electron chi connectivity index (χ2n) is 4.49. The van der Waals surface area contributed by atoms with Crippen LogP contribution in [0.1, 0.15) is 37.0 Å². The molecule has 0 radical (unpaired) electrons. The molecule has 0 bridgehead atoms. The molecule has 106 valence electrons. The molecular formula is C13H19NO4S. The van der Waals surface area contributed by atoms with Gasteiger partial charge in [0.05, 0.1) is 10.5 Å². The summed E-state index contributed by atoms with van der Waals surface area (Å²) in [6, 6.07) is 5.29. The fraction of sp³-hybridized carbons (Fsp3) is 0.462. The van der Waals surface area contributed by atoms with Crippen LogP contribution in [0.4, 0.5) is 0 Å². The Hall–Kier alpha value is -1.40. The van der Waals surface area contributed by atoms with Crippen LogP contribution in [0.2, 0.25) is 0 Å². The first kappa shape index (κ1) is 15.7. The normalized spacial score (nSPS) is 13.5. The second-order valence-corrected chi connectivity index (χ2v) is 6.49. The molecular weight excluding hydrogens is 266 g/mol. The largest absolute Gasteiger partial charge is 0.478 e. The van der Waals surface area contributed by atoms with E-state index in [2.05, 4.69) is 0 Å². The minimum Gasteiger partial charge on any atom is -0.478 e. The van der Waals surface area contributed by atoms with Gasteiger partial charge in [0.2, 0.25) is 10.0 Å². The number of sulfonamides is 1. The molecule has 6 heteroatoms. The van der Waals surface area contributed by atoms with Gasteiger partial charge >= 0.3 is 5.97 Å². The molecule has 1 unspecified atom stereocenters. The fourth-order valence-electron chi connectivity index (χ4n) is 1.79. The van der Waals surface area contributed by atoms with Crippen molar-refractivity contribution in [3.05, 3.63) is 29.8 Å². The number of aromatic carboxylic acids is 1. The molecule has 1 aromatic carbocycles. The zero-order valence-electron chi connectivity index (χ0n) is 11.3. The van der Waals surface area contributed by atoms with E-state index in [-0.39, 0.29) is 16.5 Å². The third-order valence-corrected chi connectivity index (χ3v) is 5.05. The van der Waals surface area contributed by atoms with Gasteiger partial charge in [-0.05, 0) is 31.5 Å². The maximum Gasteiger partial charge on any atom is 0.335 e. The zero-order valence-corrected chi connectivity index (χ0v) is 12.1. The average molecular weight is 285 g/mol. The lowest BCUT2D eigenvalue weighted by Crippen LogP contribution is -2.35. The van der Waals surface area contributed by atoms with Crippen LogP contribution in [0.3, 0.4) is 0 Å². The summed E-state index contributed by atoms with van der Waals surface area (Å²) < 4.78 is 26.0. The summed E-state index contributed by atoms with van der Waals surface area (Å²) in [5.74, 6) is -1.14. The second kappa shape index (κ2) is 6.16. The van der Waals surface area contributed by atoms with Crippen LogP contribution in [-0.2, 0) is 10.0 Å². The molecule has 0 aliphatic heterocycles. The molecule has 0 aromatic heterocycles. The lowest BCUT2D eigenvalue weighted by Gasteiger charge is -2.24. The molecule has 0 aliphatic rings. The van der Waals surface area contributed by atoms with Crippen molar-refractivity contribution in [1.29, 1.82) is 0 Å². The van der Waals surface area contributed by atoms with Crippen molar-refractivity contribution >= 4 is 16.0 Å². The van der Waals surface area contributed by atoms with E-state index in [0.29, 0.717) is 0 Å². The minimum atomic E-state index is -3.65. The highest BCUT2D eigenvalue weighted by molar-refractivity contribution is 7.89. The van der Waals surface area contributed by atoms with Crippen molar-refractivity contribution < 1.29 is 18.3 Å². The number of carboxylic acid groups (broad SMARTS) is 1. The number of nitrogens with zero attached hydrogens (tertiary/aromatic N) is 1. The SMILES string of the molecule is CCCC(C)N(C)S(=O)(=O)c1cccc(C(=O)O)c1. The molecule has 1 aromatic rings. The minimum absolute atomic E-state index is 0.0119. The number of benzene rings is 1. The maximum atomic E-state index is 12.4. The third kappa shape index (κ3) is 3.54. The lowest BCUT2D eigenvalue weighted by atomic mass is 10.2. The highest BCUT2D eigenvalue weighted by atomic mass is 32.2. The number of carbonyl (C=O) groups is 1. The molecule has 1 rings (SSSR count). The number of hydrogen-bond donors (Lipinski definition) is 1. The summed E-state index contributed by atoms with van der Waals surface area (Å²) in [6.45, 7) is 3.82. The standard InChI is InChI=1S/C13H19NO4S/c1-4-6-10(2)14(3)19(17,18)12-8-5-7-11(9-12)13(15)16/h5,7-10H,4,6H2,1-3H3,(H,15,16). The van der Waals surface area contributed by atoms with Gasteiger partial charge in [0, 0.05) is 13.1 Å². The van der Waals surface area contributed by atoms with E-state index in [0.717, 1.165) is 12.8 Å². The van der Waals surface area contributed by atoms with Crippen molar-refractivity contribution in [2.45, 2.75) is 37.6 Å². The highest BCUT2D eigenvalue weighted by Crippen LogP contribution is 2.19. The van der Waals surface area contributed by atoms with Crippen LogP contribution in [0.5, 0.6) is 0 Å². The lowest BCUT2D eigenvalue weighted by molar-refractivity contribution is 0.0696. The Morgan fingerprint density at radius 2 is 2.05 bits per heavy atom. The van der Waals surface area contributed by atoms with E-state index in [4.69, 9.17) is 5.11 Å². The van der Waals surface area contributed by atoms with E-state index in [1.807, 2.05) is 13.8 Å². The molecule has 0 heterocycles. The molecule has 1 N–H and O–H groups in total. The van der Waals surface area contributed by atoms with Gasteiger partial charge < -0.3 is 5.11 Å². The van der Waals surface area contributed by atoms with E-state index in [1.165, 1.54) is 35.6 Å².